The molecule has 0 unspecified atom stereocenters. The van der Waals surface area contributed by atoms with Crippen molar-refractivity contribution in [3.8, 4) is 6.01 Å². The van der Waals surface area contributed by atoms with Crippen LogP contribution in [-0.2, 0) is 0 Å². The average Bonchev–Trinajstić information content (AvgIpc) is 2.18. The highest BCUT2D eigenvalue weighted by Gasteiger charge is 2.03. The highest BCUT2D eigenvalue weighted by Crippen LogP contribution is 2.17. The molecule has 1 aromatic heterocycles. The van der Waals surface area contributed by atoms with Crippen LogP contribution in [-0.4, -0.2) is 16.6 Å². The number of aromatic nitrogens is 2. The molecule has 0 radical (unpaired) electrons. The van der Waals surface area contributed by atoms with Gasteiger partial charge in [-0.05, 0) is 19.9 Å². The highest BCUT2D eigenvalue weighted by atomic mass is 16.5. The lowest BCUT2D eigenvalue weighted by molar-refractivity contribution is 0.313. The van der Waals surface area contributed by atoms with Crippen LogP contribution in [0.2, 0.25) is 0 Å². The first-order valence-electron chi connectivity index (χ1n) is 4.67. The molecular weight excluding hydrogens is 176 g/mol. The number of nitrogens with zero attached hydrogens (tertiary/aromatic N) is 2. The van der Waals surface area contributed by atoms with E-state index < -0.39 is 0 Å². The lowest BCUT2D eigenvalue weighted by atomic mass is 10.2. The number of benzene rings is 1. The minimum Gasteiger partial charge on any atom is -0.464 e. The molecule has 14 heavy (non-hydrogen) atoms. The molecule has 0 atom stereocenters. The quantitative estimate of drug-likeness (QED) is 0.725. The predicted octanol–water partition coefficient (Wildman–Crippen LogP) is 2.34. The zero-order valence-electron chi connectivity index (χ0n) is 8.32. The summed E-state index contributed by atoms with van der Waals surface area (Å²) in [6.07, 6.45) is 0. The molecule has 0 aliphatic heterocycles. The third-order valence-electron chi connectivity index (χ3n) is 2.05. The smallest absolute Gasteiger partial charge is 0.317 e. The van der Waals surface area contributed by atoms with Crippen LogP contribution in [0.1, 0.15) is 12.6 Å². The molecule has 2 aromatic rings. The second-order valence-electron chi connectivity index (χ2n) is 3.04. The zero-order chi connectivity index (χ0) is 9.97. The van der Waals surface area contributed by atoms with Crippen LogP contribution in [0.5, 0.6) is 6.01 Å². The lowest BCUT2D eigenvalue weighted by Crippen LogP contribution is -1.99. The van der Waals surface area contributed by atoms with Gasteiger partial charge in [-0.2, -0.15) is 9.97 Å². The number of ether oxygens (including phenoxy) is 1. The Morgan fingerprint density at radius 3 is 2.79 bits per heavy atom. The van der Waals surface area contributed by atoms with Gasteiger partial charge in [-0.1, -0.05) is 18.2 Å². The minimum atomic E-state index is 0.462. The van der Waals surface area contributed by atoms with Crippen molar-refractivity contribution in [2.45, 2.75) is 13.8 Å². The largest absolute Gasteiger partial charge is 0.464 e. The second kappa shape index (κ2) is 3.62. The molecule has 1 heterocycles. The number of hydrogen-bond donors (Lipinski definition) is 0. The van der Waals surface area contributed by atoms with E-state index in [0.717, 1.165) is 16.6 Å². The third-order valence-corrected chi connectivity index (χ3v) is 2.05. The Balaban J connectivity index is 2.60. The fourth-order valence-corrected chi connectivity index (χ4v) is 1.40. The Labute approximate surface area is 82.8 Å². The molecule has 3 nitrogen and oxygen atoms in total. The number of fused-ring (bicyclic) bond motifs is 1. The van der Waals surface area contributed by atoms with Crippen LogP contribution in [0.25, 0.3) is 10.9 Å². The van der Waals surface area contributed by atoms with Gasteiger partial charge in [-0.25, -0.2) is 0 Å². The second-order valence-corrected chi connectivity index (χ2v) is 3.04. The number of rotatable bonds is 2. The van der Waals surface area contributed by atoms with E-state index in [1.54, 1.807) is 0 Å². The highest BCUT2D eigenvalue weighted by molar-refractivity contribution is 5.80. The van der Waals surface area contributed by atoms with Crippen LogP contribution in [0.4, 0.5) is 0 Å². The first-order chi connectivity index (χ1) is 6.81. The number of aryl methyl sites for hydroxylation is 1. The number of hydrogen-bond acceptors (Lipinski definition) is 3. The first-order valence-corrected chi connectivity index (χ1v) is 4.67. The lowest BCUT2D eigenvalue weighted by Gasteiger charge is -2.04. The molecule has 2 rings (SSSR count). The Bertz CT molecular complexity index is 454. The monoisotopic (exact) mass is 188 g/mol. The van der Waals surface area contributed by atoms with E-state index in [9.17, 15) is 0 Å². The summed E-state index contributed by atoms with van der Waals surface area (Å²) in [5, 5.41) is 1.08. The number of para-hydroxylation sites is 1. The van der Waals surface area contributed by atoms with Gasteiger partial charge in [0, 0.05) is 5.39 Å². The van der Waals surface area contributed by atoms with Crippen molar-refractivity contribution < 1.29 is 4.74 Å². The van der Waals surface area contributed by atoms with E-state index in [1.807, 2.05) is 38.1 Å². The van der Waals surface area contributed by atoms with Crippen molar-refractivity contribution in [2.24, 2.45) is 0 Å². The van der Waals surface area contributed by atoms with Gasteiger partial charge in [0.05, 0.1) is 17.8 Å². The summed E-state index contributed by atoms with van der Waals surface area (Å²) in [5.41, 5.74) is 1.89. The van der Waals surface area contributed by atoms with Gasteiger partial charge in [0.15, 0.2) is 0 Å². The molecule has 0 saturated carbocycles. The van der Waals surface area contributed by atoms with Crippen molar-refractivity contribution in [1.82, 2.24) is 9.97 Å². The SMILES string of the molecule is CCOc1nc(C)c2ccccc2n1. The summed E-state index contributed by atoms with van der Waals surface area (Å²) in [6, 6.07) is 8.39. The van der Waals surface area contributed by atoms with E-state index >= 15 is 0 Å². The molecule has 72 valence electrons. The molecule has 0 bridgehead atoms. The summed E-state index contributed by atoms with van der Waals surface area (Å²) in [7, 11) is 0. The van der Waals surface area contributed by atoms with Crippen molar-refractivity contribution in [1.29, 1.82) is 0 Å². The third kappa shape index (κ3) is 1.53. The summed E-state index contributed by atoms with van der Waals surface area (Å²) < 4.78 is 5.27. The van der Waals surface area contributed by atoms with E-state index in [1.165, 1.54) is 0 Å². The molecule has 1 aromatic carbocycles. The molecule has 0 amide bonds. The molecule has 0 aliphatic carbocycles. The van der Waals surface area contributed by atoms with Crippen LogP contribution in [0.15, 0.2) is 24.3 Å². The Morgan fingerprint density at radius 2 is 2.00 bits per heavy atom. The van der Waals surface area contributed by atoms with Crippen LogP contribution in [0.3, 0.4) is 0 Å². The Kier molecular flexibility index (Phi) is 2.31. The summed E-state index contributed by atoms with van der Waals surface area (Å²) in [5.74, 6) is 0. The van der Waals surface area contributed by atoms with Gasteiger partial charge in [0.2, 0.25) is 0 Å². The Morgan fingerprint density at radius 1 is 1.21 bits per heavy atom. The standard InChI is InChI=1S/C11H12N2O/c1-3-14-11-12-8(2)9-6-4-5-7-10(9)13-11/h4-7H,3H2,1-2H3. The molecule has 0 fully saturated rings. The van der Waals surface area contributed by atoms with Gasteiger partial charge in [0.1, 0.15) is 0 Å². The van der Waals surface area contributed by atoms with Gasteiger partial charge in [0.25, 0.3) is 0 Å². The minimum absolute atomic E-state index is 0.462. The topological polar surface area (TPSA) is 35.0 Å². The van der Waals surface area contributed by atoms with Crippen molar-refractivity contribution in [3.63, 3.8) is 0 Å². The van der Waals surface area contributed by atoms with Crippen LogP contribution >= 0.6 is 0 Å². The normalized spacial score (nSPS) is 10.4. The van der Waals surface area contributed by atoms with Crippen molar-refractivity contribution >= 4 is 10.9 Å². The van der Waals surface area contributed by atoms with Crippen molar-refractivity contribution in [2.75, 3.05) is 6.61 Å². The molecule has 3 heteroatoms. The predicted molar refractivity (Wildman–Crippen MR) is 55.4 cm³/mol. The van der Waals surface area contributed by atoms with Crippen LogP contribution in [0, 0.1) is 6.92 Å². The van der Waals surface area contributed by atoms with Gasteiger partial charge in [-0.3, -0.25) is 0 Å². The summed E-state index contributed by atoms with van der Waals surface area (Å²) in [4.78, 5) is 8.55. The average molecular weight is 188 g/mol. The fraction of sp³-hybridized carbons (Fsp3) is 0.273. The molecule has 0 spiro atoms. The maximum Gasteiger partial charge on any atom is 0.317 e. The van der Waals surface area contributed by atoms with Crippen LogP contribution < -0.4 is 4.74 Å². The van der Waals surface area contributed by atoms with Gasteiger partial charge >= 0.3 is 6.01 Å². The van der Waals surface area contributed by atoms with E-state index in [2.05, 4.69) is 9.97 Å². The van der Waals surface area contributed by atoms with Gasteiger partial charge < -0.3 is 4.74 Å². The summed E-state index contributed by atoms with van der Waals surface area (Å²) in [6.45, 7) is 4.48. The molecule has 0 saturated heterocycles. The fourth-order valence-electron chi connectivity index (χ4n) is 1.40. The molecule has 0 aliphatic rings. The first kappa shape index (κ1) is 8.94. The van der Waals surface area contributed by atoms with Gasteiger partial charge in [-0.15, -0.1) is 0 Å². The van der Waals surface area contributed by atoms with E-state index in [4.69, 9.17) is 4.74 Å². The Hall–Kier alpha value is -1.64. The van der Waals surface area contributed by atoms with E-state index in [-0.39, 0.29) is 0 Å². The summed E-state index contributed by atoms with van der Waals surface area (Å²) >= 11 is 0. The zero-order valence-corrected chi connectivity index (χ0v) is 8.32. The molecular formula is C11H12N2O. The van der Waals surface area contributed by atoms with E-state index in [0.29, 0.717) is 12.6 Å². The van der Waals surface area contributed by atoms with Crippen molar-refractivity contribution in [3.05, 3.63) is 30.0 Å². The molecule has 0 N–H and O–H groups in total. The maximum atomic E-state index is 5.27. The maximum absolute atomic E-state index is 5.27.